The van der Waals surface area contributed by atoms with Crippen molar-refractivity contribution in [1.29, 1.82) is 0 Å². The number of hydrogen-bond donors (Lipinski definition) is 2. The van der Waals surface area contributed by atoms with Gasteiger partial charge in [0.05, 0.1) is 11.7 Å². The van der Waals surface area contributed by atoms with Gasteiger partial charge in [-0.1, -0.05) is 0 Å². The Kier molecular flexibility index (Phi) is 3.26. The molecule has 0 radical (unpaired) electrons. The van der Waals surface area contributed by atoms with Crippen molar-refractivity contribution in [3.63, 3.8) is 0 Å². The van der Waals surface area contributed by atoms with Crippen LogP contribution >= 0.6 is 11.7 Å². The van der Waals surface area contributed by atoms with Crippen LogP contribution in [0.5, 0.6) is 0 Å². The average molecular weight is 192 g/mol. The Labute approximate surface area is 69.9 Å². The molecule has 0 amide bonds. The second-order valence-electron chi connectivity index (χ2n) is 1.57. The predicted molar refractivity (Wildman–Crippen MR) is 37.4 cm³/mol. The summed E-state index contributed by atoms with van der Waals surface area (Å²) in [6.07, 6.45) is 0. The van der Waals surface area contributed by atoms with Crippen LogP contribution in [0.1, 0.15) is 21.0 Å². The Balaban J connectivity index is 0.00000121. The molecule has 0 saturated carbocycles. The summed E-state index contributed by atoms with van der Waals surface area (Å²) < 4.78 is 6.57. The molecule has 4 N–H and O–H groups in total. The molecule has 0 spiro atoms. The summed E-state index contributed by atoms with van der Waals surface area (Å²) in [7, 11) is 0. The van der Waals surface area contributed by atoms with Crippen molar-refractivity contribution >= 4 is 23.7 Å². The number of carbonyl (C=O) groups is 2. The molecule has 1 heterocycles. The molecule has 0 aliphatic heterocycles. The Morgan fingerprint density at radius 2 is 1.42 bits per heavy atom. The molecular weight excluding hydrogens is 188 g/mol. The van der Waals surface area contributed by atoms with E-state index in [-0.39, 0.29) is 5.48 Å². The number of nitrogens with zero attached hydrogens (tertiary/aromatic N) is 2. The zero-order chi connectivity index (χ0) is 8.43. The number of rotatable bonds is 2. The number of aromatic nitrogens is 2. The summed E-state index contributed by atoms with van der Waals surface area (Å²) in [4.78, 5) is 20.5. The maximum absolute atomic E-state index is 10.2. The fraction of sp³-hybridized carbons (Fsp3) is 0. The minimum atomic E-state index is -1.38. The van der Waals surface area contributed by atoms with E-state index in [1.54, 1.807) is 0 Å². The van der Waals surface area contributed by atoms with Crippen molar-refractivity contribution < 1.29 is 25.3 Å². The van der Waals surface area contributed by atoms with Crippen LogP contribution in [-0.4, -0.2) is 36.4 Å². The van der Waals surface area contributed by atoms with Gasteiger partial charge in [-0.3, -0.25) is 0 Å². The minimum Gasteiger partial charge on any atom is -0.476 e. The summed E-state index contributed by atoms with van der Waals surface area (Å²) in [6.45, 7) is 0. The van der Waals surface area contributed by atoms with E-state index in [0.29, 0.717) is 11.7 Å². The molecule has 1 aromatic rings. The van der Waals surface area contributed by atoms with Crippen molar-refractivity contribution in [3.8, 4) is 0 Å². The zero-order valence-electron chi connectivity index (χ0n) is 5.51. The molecule has 0 aromatic carbocycles. The van der Waals surface area contributed by atoms with Crippen LogP contribution in [0.25, 0.3) is 0 Å². The van der Waals surface area contributed by atoms with E-state index in [4.69, 9.17) is 10.2 Å². The van der Waals surface area contributed by atoms with Crippen LogP contribution < -0.4 is 0 Å². The summed E-state index contributed by atoms with van der Waals surface area (Å²) in [5.41, 5.74) is -1.02. The Morgan fingerprint density at radius 1 is 1.08 bits per heavy atom. The lowest BCUT2D eigenvalue weighted by molar-refractivity contribution is 0.0644. The Bertz CT molecular complexity index is 280. The average Bonchev–Trinajstić information content (AvgIpc) is 2.32. The van der Waals surface area contributed by atoms with Gasteiger partial charge in [-0.25, -0.2) is 9.59 Å². The first-order valence-corrected chi connectivity index (χ1v) is 3.15. The van der Waals surface area contributed by atoms with Crippen LogP contribution in [0, 0.1) is 0 Å². The zero-order valence-corrected chi connectivity index (χ0v) is 6.33. The van der Waals surface area contributed by atoms with Gasteiger partial charge in [-0.2, -0.15) is 8.75 Å². The summed E-state index contributed by atoms with van der Waals surface area (Å²) >= 11 is 0.561. The van der Waals surface area contributed by atoms with Gasteiger partial charge in [0.2, 0.25) is 0 Å². The third-order valence-corrected chi connectivity index (χ3v) is 1.42. The second-order valence-corrected chi connectivity index (χ2v) is 2.10. The van der Waals surface area contributed by atoms with Crippen LogP contribution in [0.15, 0.2) is 0 Å². The molecule has 12 heavy (non-hydrogen) atoms. The molecule has 0 saturated heterocycles. The topological polar surface area (TPSA) is 132 Å². The first-order chi connectivity index (χ1) is 5.13. The normalized spacial score (nSPS) is 8.67. The van der Waals surface area contributed by atoms with Gasteiger partial charge in [0.1, 0.15) is 0 Å². The van der Waals surface area contributed by atoms with Crippen LogP contribution in [0.2, 0.25) is 0 Å². The van der Waals surface area contributed by atoms with E-state index >= 15 is 0 Å². The lowest BCUT2D eigenvalue weighted by atomic mass is 10.3. The highest BCUT2D eigenvalue weighted by Crippen LogP contribution is 2.04. The molecular formula is C4H4N2O5S. The molecule has 0 fully saturated rings. The lowest BCUT2D eigenvalue weighted by Crippen LogP contribution is -2.07. The molecule has 0 aliphatic carbocycles. The lowest BCUT2D eigenvalue weighted by Gasteiger charge is -1.86. The first kappa shape index (κ1) is 10.5. The monoisotopic (exact) mass is 192 g/mol. The van der Waals surface area contributed by atoms with Crippen molar-refractivity contribution in [2.24, 2.45) is 0 Å². The molecule has 1 rings (SSSR count). The van der Waals surface area contributed by atoms with E-state index in [1.807, 2.05) is 0 Å². The van der Waals surface area contributed by atoms with E-state index in [0.717, 1.165) is 0 Å². The molecule has 0 aliphatic rings. The van der Waals surface area contributed by atoms with Gasteiger partial charge in [0.25, 0.3) is 0 Å². The Hall–Kier alpha value is -1.54. The SMILES string of the molecule is O.O=C(O)c1nsnc1C(=O)O. The quantitative estimate of drug-likeness (QED) is 0.624. The maximum Gasteiger partial charge on any atom is 0.358 e. The van der Waals surface area contributed by atoms with Crippen molar-refractivity contribution in [2.45, 2.75) is 0 Å². The molecule has 8 heteroatoms. The Morgan fingerprint density at radius 3 is 1.67 bits per heavy atom. The summed E-state index contributed by atoms with van der Waals surface area (Å²) in [5.74, 6) is -2.76. The fourth-order valence-electron chi connectivity index (χ4n) is 0.469. The van der Waals surface area contributed by atoms with Gasteiger partial charge in [-0.05, 0) is 0 Å². The molecule has 1 aromatic heterocycles. The smallest absolute Gasteiger partial charge is 0.358 e. The predicted octanol–water partition coefficient (Wildman–Crippen LogP) is -0.890. The summed E-state index contributed by atoms with van der Waals surface area (Å²) in [5, 5.41) is 16.7. The standard InChI is InChI=1S/C4H2N2O4S.H2O/c7-3(8)1-2(4(9)10)6-11-5-1;/h(H,7,8)(H,9,10);1H2. The number of carboxylic acids is 2. The van der Waals surface area contributed by atoms with Crippen molar-refractivity contribution in [3.05, 3.63) is 11.4 Å². The molecule has 0 unspecified atom stereocenters. The van der Waals surface area contributed by atoms with Crippen molar-refractivity contribution in [2.75, 3.05) is 0 Å². The van der Waals surface area contributed by atoms with Gasteiger partial charge < -0.3 is 15.7 Å². The van der Waals surface area contributed by atoms with Crippen molar-refractivity contribution in [1.82, 2.24) is 8.75 Å². The molecule has 0 bridgehead atoms. The second kappa shape index (κ2) is 3.74. The van der Waals surface area contributed by atoms with Gasteiger partial charge in [-0.15, -0.1) is 0 Å². The van der Waals surface area contributed by atoms with E-state index in [2.05, 4.69) is 8.75 Å². The van der Waals surface area contributed by atoms with Crippen LogP contribution in [-0.2, 0) is 0 Å². The first-order valence-electron chi connectivity index (χ1n) is 2.42. The highest BCUT2D eigenvalue weighted by molar-refractivity contribution is 6.99. The maximum atomic E-state index is 10.2. The molecule has 7 nitrogen and oxygen atoms in total. The third kappa shape index (κ3) is 1.74. The summed E-state index contributed by atoms with van der Waals surface area (Å²) in [6, 6.07) is 0. The third-order valence-electron chi connectivity index (χ3n) is 0.894. The number of hydrogen-bond acceptors (Lipinski definition) is 5. The van der Waals surface area contributed by atoms with Gasteiger partial charge in [0, 0.05) is 0 Å². The van der Waals surface area contributed by atoms with Gasteiger partial charge in [0.15, 0.2) is 11.4 Å². The van der Waals surface area contributed by atoms with E-state index in [1.165, 1.54) is 0 Å². The van der Waals surface area contributed by atoms with Crippen LogP contribution in [0.4, 0.5) is 0 Å². The molecule has 0 atom stereocenters. The number of aromatic carboxylic acids is 2. The minimum absolute atomic E-state index is 0. The van der Waals surface area contributed by atoms with Gasteiger partial charge >= 0.3 is 11.9 Å². The number of carboxylic acid groups (broad SMARTS) is 2. The highest BCUT2D eigenvalue weighted by Gasteiger charge is 2.20. The largest absolute Gasteiger partial charge is 0.476 e. The van der Waals surface area contributed by atoms with E-state index in [9.17, 15) is 9.59 Å². The van der Waals surface area contributed by atoms with Crippen LogP contribution in [0.3, 0.4) is 0 Å². The van der Waals surface area contributed by atoms with E-state index < -0.39 is 23.3 Å². The fourth-order valence-corrected chi connectivity index (χ4v) is 1.00. The molecule has 66 valence electrons. The highest BCUT2D eigenvalue weighted by atomic mass is 32.1.